The van der Waals surface area contributed by atoms with E-state index in [1.807, 2.05) is 0 Å². The molecule has 0 fully saturated rings. The van der Waals surface area contributed by atoms with Crippen LogP contribution in [0.1, 0.15) is 18.4 Å². The maximum atomic E-state index is 2.34. The molecule has 0 aliphatic heterocycles. The van der Waals surface area contributed by atoms with Crippen molar-refractivity contribution >= 4 is 27.1 Å². The van der Waals surface area contributed by atoms with E-state index in [1.165, 1.54) is 66.1 Å². The highest BCUT2D eigenvalue weighted by molar-refractivity contribution is 6.01. The van der Waals surface area contributed by atoms with Crippen LogP contribution in [-0.4, -0.2) is 0 Å². The van der Waals surface area contributed by atoms with Crippen LogP contribution in [0.5, 0.6) is 0 Å². The smallest absolute Gasteiger partial charge is 0.0171 e. The molecule has 0 spiro atoms. The first kappa shape index (κ1) is 22.5. The highest BCUT2D eigenvalue weighted by Gasteiger charge is 2.08. The quantitative estimate of drug-likeness (QED) is 0.218. The van der Waals surface area contributed by atoms with Crippen LogP contribution in [0, 0.1) is 0 Å². The van der Waals surface area contributed by atoms with E-state index in [1.54, 1.807) is 0 Å². The fourth-order valence-corrected chi connectivity index (χ4v) is 5.61. The number of rotatable bonds is 4. The highest BCUT2D eigenvalue weighted by Crippen LogP contribution is 2.33. The fourth-order valence-electron chi connectivity index (χ4n) is 5.61. The number of hydrogen-bond donors (Lipinski definition) is 0. The third-order valence-corrected chi connectivity index (χ3v) is 7.68. The minimum atomic E-state index is 1.11. The van der Waals surface area contributed by atoms with Crippen molar-refractivity contribution in [2.24, 2.45) is 0 Å². The average molecular weight is 485 g/mol. The summed E-state index contributed by atoms with van der Waals surface area (Å²) in [6.45, 7) is 0. The predicted molar refractivity (Wildman–Crippen MR) is 164 cm³/mol. The second kappa shape index (κ2) is 9.65. The molecule has 0 nitrogen and oxygen atoms in total. The molecule has 0 heterocycles. The summed E-state index contributed by atoms with van der Waals surface area (Å²) in [5.41, 5.74) is 10.3. The molecule has 6 aromatic carbocycles. The van der Waals surface area contributed by atoms with Gasteiger partial charge in [0.2, 0.25) is 0 Å². The first-order valence-corrected chi connectivity index (χ1v) is 13.4. The molecule has 0 bridgehead atoms. The molecule has 7 rings (SSSR count). The molecular formula is C38H28. The van der Waals surface area contributed by atoms with Crippen LogP contribution in [0.4, 0.5) is 0 Å². The van der Waals surface area contributed by atoms with E-state index in [9.17, 15) is 0 Å². The van der Waals surface area contributed by atoms with Gasteiger partial charge in [0, 0.05) is 0 Å². The lowest BCUT2D eigenvalue weighted by molar-refractivity contribution is 1.05. The molecule has 0 amide bonds. The Morgan fingerprint density at radius 2 is 0.895 bits per heavy atom. The molecule has 0 radical (unpaired) electrons. The van der Waals surface area contributed by atoms with Crippen molar-refractivity contribution < 1.29 is 0 Å². The van der Waals surface area contributed by atoms with Gasteiger partial charge in [0.1, 0.15) is 0 Å². The van der Waals surface area contributed by atoms with Gasteiger partial charge in [0.15, 0.2) is 0 Å². The van der Waals surface area contributed by atoms with Gasteiger partial charge >= 0.3 is 0 Å². The molecule has 0 aromatic heterocycles. The number of benzene rings is 6. The molecule has 0 heteroatoms. The topological polar surface area (TPSA) is 0 Å². The maximum Gasteiger partial charge on any atom is -0.0171 e. The zero-order valence-corrected chi connectivity index (χ0v) is 21.3. The Bertz CT molecular complexity index is 1850. The van der Waals surface area contributed by atoms with Crippen LogP contribution in [-0.2, 0) is 0 Å². The lowest BCUT2D eigenvalue weighted by Crippen LogP contribution is -1.89. The van der Waals surface area contributed by atoms with E-state index in [0.717, 1.165) is 12.8 Å². The summed E-state index contributed by atoms with van der Waals surface area (Å²) in [5, 5.41) is 5.09. The molecule has 6 aromatic rings. The number of fused-ring (bicyclic) bond motifs is 2. The van der Waals surface area contributed by atoms with Gasteiger partial charge in [0.05, 0.1) is 0 Å². The van der Waals surface area contributed by atoms with Crippen molar-refractivity contribution in [3.8, 4) is 33.4 Å². The monoisotopic (exact) mass is 484 g/mol. The van der Waals surface area contributed by atoms with Gasteiger partial charge in [0.25, 0.3) is 0 Å². The van der Waals surface area contributed by atoms with Crippen LogP contribution in [0.15, 0.2) is 146 Å². The largest absolute Gasteiger partial charge is 0.0842 e. The standard InChI is InChI=1S/C38H28/c1-3-9-27(10-4-1)29-13-7-15-31(21-29)33-17-19-35-26-38-24-34(18-20-36(38)25-37(35)23-33)32-16-8-14-30(22-32)28-11-5-2-6-12-28/h1-5,7-11,13-26H,6,12H2. The Hall–Kier alpha value is -4.68. The minimum Gasteiger partial charge on any atom is -0.0842 e. The minimum absolute atomic E-state index is 1.11. The Labute approximate surface area is 224 Å². The summed E-state index contributed by atoms with van der Waals surface area (Å²) < 4.78 is 0. The third-order valence-electron chi connectivity index (χ3n) is 7.68. The van der Waals surface area contributed by atoms with Crippen molar-refractivity contribution in [3.63, 3.8) is 0 Å². The molecule has 0 atom stereocenters. The molecule has 180 valence electrons. The van der Waals surface area contributed by atoms with Gasteiger partial charge in [-0.2, -0.15) is 0 Å². The molecular weight excluding hydrogens is 456 g/mol. The Balaban J connectivity index is 1.24. The van der Waals surface area contributed by atoms with E-state index >= 15 is 0 Å². The van der Waals surface area contributed by atoms with Gasteiger partial charge in [-0.25, -0.2) is 0 Å². The second-order valence-electron chi connectivity index (χ2n) is 10.2. The summed E-state index contributed by atoms with van der Waals surface area (Å²) in [7, 11) is 0. The summed E-state index contributed by atoms with van der Waals surface area (Å²) in [6.07, 6.45) is 8.91. The molecule has 1 aliphatic carbocycles. The van der Waals surface area contributed by atoms with Crippen molar-refractivity contribution in [2.75, 3.05) is 0 Å². The van der Waals surface area contributed by atoms with Crippen LogP contribution < -0.4 is 0 Å². The van der Waals surface area contributed by atoms with E-state index in [0.29, 0.717) is 0 Å². The second-order valence-corrected chi connectivity index (χ2v) is 10.2. The van der Waals surface area contributed by atoms with Crippen molar-refractivity contribution in [1.82, 2.24) is 0 Å². The Kier molecular flexibility index (Phi) is 5.72. The molecule has 0 N–H and O–H groups in total. The molecule has 1 aliphatic rings. The van der Waals surface area contributed by atoms with Crippen molar-refractivity contribution in [3.05, 3.63) is 151 Å². The first-order valence-electron chi connectivity index (χ1n) is 13.4. The number of hydrogen-bond acceptors (Lipinski definition) is 0. The molecule has 0 unspecified atom stereocenters. The SMILES string of the molecule is C1=CCCC(c2cccc(-c3ccc4cc5cc(-c6cccc(-c7ccccc7)c6)ccc5cc4c3)c2)=C1. The Morgan fingerprint density at radius 1 is 0.368 bits per heavy atom. The van der Waals surface area contributed by atoms with Crippen LogP contribution in [0.2, 0.25) is 0 Å². The summed E-state index contributed by atoms with van der Waals surface area (Å²) >= 11 is 0. The molecule has 0 saturated heterocycles. The highest BCUT2D eigenvalue weighted by atomic mass is 14.1. The van der Waals surface area contributed by atoms with Crippen LogP contribution in [0.25, 0.3) is 60.5 Å². The predicted octanol–water partition coefficient (Wildman–Crippen LogP) is 10.7. The van der Waals surface area contributed by atoms with Gasteiger partial charge in [-0.05, 0) is 115 Å². The molecule has 0 saturated carbocycles. The summed E-state index contributed by atoms with van der Waals surface area (Å²) in [6, 6.07) is 46.7. The molecule has 38 heavy (non-hydrogen) atoms. The maximum absolute atomic E-state index is 2.34. The zero-order chi connectivity index (χ0) is 25.3. The van der Waals surface area contributed by atoms with Gasteiger partial charge in [-0.3, -0.25) is 0 Å². The first-order chi connectivity index (χ1) is 18.8. The van der Waals surface area contributed by atoms with Crippen LogP contribution in [0.3, 0.4) is 0 Å². The van der Waals surface area contributed by atoms with Crippen LogP contribution >= 0.6 is 0 Å². The van der Waals surface area contributed by atoms with E-state index in [4.69, 9.17) is 0 Å². The third kappa shape index (κ3) is 4.35. The van der Waals surface area contributed by atoms with E-state index < -0.39 is 0 Å². The van der Waals surface area contributed by atoms with E-state index in [2.05, 4.69) is 146 Å². The van der Waals surface area contributed by atoms with Gasteiger partial charge < -0.3 is 0 Å². The summed E-state index contributed by atoms with van der Waals surface area (Å²) in [5.74, 6) is 0. The van der Waals surface area contributed by atoms with Gasteiger partial charge in [-0.1, -0.05) is 109 Å². The van der Waals surface area contributed by atoms with Crippen molar-refractivity contribution in [1.29, 1.82) is 0 Å². The van der Waals surface area contributed by atoms with Crippen molar-refractivity contribution in [2.45, 2.75) is 12.8 Å². The average Bonchev–Trinajstić information content (AvgIpc) is 3.00. The van der Waals surface area contributed by atoms with Gasteiger partial charge in [-0.15, -0.1) is 0 Å². The number of allylic oxidation sites excluding steroid dienone is 4. The lowest BCUT2D eigenvalue weighted by Gasteiger charge is -2.12. The lowest BCUT2D eigenvalue weighted by atomic mass is 9.93. The zero-order valence-electron chi connectivity index (χ0n) is 21.3. The fraction of sp³-hybridized carbons (Fsp3) is 0.0526. The van der Waals surface area contributed by atoms with E-state index in [-0.39, 0.29) is 0 Å². The summed E-state index contributed by atoms with van der Waals surface area (Å²) in [4.78, 5) is 0. The Morgan fingerprint density at radius 3 is 1.50 bits per heavy atom. The normalized spacial score (nSPS) is 13.1.